The van der Waals surface area contributed by atoms with Crippen molar-refractivity contribution in [3.8, 4) is 0 Å². The fourth-order valence-corrected chi connectivity index (χ4v) is 1.67. The van der Waals surface area contributed by atoms with Crippen molar-refractivity contribution in [3.63, 3.8) is 0 Å². The van der Waals surface area contributed by atoms with E-state index in [1.807, 2.05) is 25.1 Å². The first-order valence-electron chi connectivity index (χ1n) is 4.88. The van der Waals surface area contributed by atoms with Gasteiger partial charge >= 0.3 is 0 Å². The zero-order chi connectivity index (χ0) is 11.1. The predicted molar refractivity (Wildman–Crippen MR) is 70.9 cm³/mol. The van der Waals surface area contributed by atoms with Crippen LogP contribution in [0.3, 0.4) is 0 Å². The highest BCUT2D eigenvalue weighted by Gasteiger charge is 2.45. The molecule has 3 nitrogen and oxygen atoms in total. The molecule has 1 saturated carbocycles. The van der Waals surface area contributed by atoms with Crippen molar-refractivity contribution in [2.75, 3.05) is 5.32 Å². The number of aryl methyl sites for hydroxylation is 1. The summed E-state index contributed by atoms with van der Waals surface area (Å²) < 4.78 is 0.988. The Morgan fingerprint density at radius 3 is 2.62 bits per heavy atom. The summed E-state index contributed by atoms with van der Waals surface area (Å²) in [5.41, 5.74) is 7.10. The number of halogens is 2. The van der Waals surface area contributed by atoms with Crippen LogP contribution < -0.4 is 11.1 Å². The van der Waals surface area contributed by atoms with E-state index in [9.17, 15) is 4.79 Å². The van der Waals surface area contributed by atoms with Crippen molar-refractivity contribution < 1.29 is 4.79 Å². The van der Waals surface area contributed by atoms with Gasteiger partial charge in [0.05, 0.1) is 5.54 Å². The molecule has 1 aliphatic carbocycles. The SMILES string of the molecule is Cc1ccc(NC(=O)C2(N)CC2)cc1Br.Cl. The van der Waals surface area contributed by atoms with Crippen molar-refractivity contribution in [1.29, 1.82) is 0 Å². The van der Waals surface area contributed by atoms with E-state index in [-0.39, 0.29) is 18.3 Å². The van der Waals surface area contributed by atoms with E-state index in [1.54, 1.807) is 0 Å². The number of nitrogens with one attached hydrogen (secondary N) is 1. The Kier molecular flexibility index (Phi) is 3.99. The number of rotatable bonds is 2. The normalized spacial score (nSPS) is 16.2. The van der Waals surface area contributed by atoms with Crippen LogP contribution in [0.2, 0.25) is 0 Å². The minimum atomic E-state index is -0.614. The van der Waals surface area contributed by atoms with E-state index in [0.29, 0.717) is 0 Å². The molecular formula is C11H14BrClN2O. The van der Waals surface area contributed by atoms with Gasteiger partial charge in [0.15, 0.2) is 0 Å². The average molecular weight is 306 g/mol. The van der Waals surface area contributed by atoms with Gasteiger partial charge in [0.1, 0.15) is 0 Å². The van der Waals surface area contributed by atoms with Crippen LogP contribution in [-0.4, -0.2) is 11.4 Å². The molecule has 0 atom stereocenters. The predicted octanol–water partition coefficient (Wildman–Crippen LogP) is 2.61. The molecule has 0 spiro atoms. The standard InChI is InChI=1S/C11H13BrN2O.ClH/c1-7-2-3-8(6-9(7)12)14-10(15)11(13)4-5-11;/h2-3,6H,4-5,13H2,1H3,(H,14,15);1H. The lowest BCUT2D eigenvalue weighted by Crippen LogP contribution is -2.37. The summed E-state index contributed by atoms with van der Waals surface area (Å²) in [7, 11) is 0. The maximum Gasteiger partial charge on any atom is 0.244 e. The molecule has 1 aromatic carbocycles. The summed E-state index contributed by atoms with van der Waals surface area (Å²) in [4.78, 5) is 11.6. The Morgan fingerprint density at radius 2 is 2.12 bits per heavy atom. The molecule has 0 radical (unpaired) electrons. The van der Waals surface area contributed by atoms with Gasteiger partial charge in [-0.15, -0.1) is 12.4 Å². The molecule has 5 heteroatoms. The number of carbonyl (C=O) groups is 1. The van der Waals surface area contributed by atoms with E-state index in [1.165, 1.54) is 0 Å². The number of hydrogen-bond acceptors (Lipinski definition) is 2. The van der Waals surface area contributed by atoms with Crippen LogP contribution in [0.15, 0.2) is 22.7 Å². The van der Waals surface area contributed by atoms with Crippen LogP contribution >= 0.6 is 28.3 Å². The Labute approximate surface area is 109 Å². The summed E-state index contributed by atoms with van der Waals surface area (Å²) in [6, 6.07) is 5.72. The Balaban J connectivity index is 0.00000128. The van der Waals surface area contributed by atoms with Gasteiger partial charge in [-0.1, -0.05) is 22.0 Å². The van der Waals surface area contributed by atoms with Gasteiger partial charge in [0.2, 0.25) is 5.91 Å². The van der Waals surface area contributed by atoms with Crippen molar-refractivity contribution >= 4 is 39.9 Å². The van der Waals surface area contributed by atoms with Gasteiger partial charge in [0, 0.05) is 10.2 Å². The minimum Gasteiger partial charge on any atom is -0.324 e. The van der Waals surface area contributed by atoms with Crippen LogP contribution in [0.1, 0.15) is 18.4 Å². The zero-order valence-electron chi connectivity index (χ0n) is 8.92. The second-order valence-electron chi connectivity index (χ2n) is 4.07. The third-order valence-corrected chi connectivity index (χ3v) is 3.52. The third-order valence-electron chi connectivity index (χ3n) is 2.67. The second-order valence-corrected chi connectivity index (χ2v) is 4.93. The van der Waals surface area contributed by atoms with Gasteiger partial charge in [0.25, 0.3) is 0 Å². The summed E-state index contributed by atoms with van der Waals surface area (Å²) in [5, 5.41) is 2.82. The quantitative estimate of drug-likeness (QED) is 0.882. The van der Waals surface area contributed by atoms with Crippen molar-refractivity contribution in [2.24, 2.45) is 5.73 Å². The van der Waals surface area contributed by atoms with Crippen LogP contribution in [-0.2, 0) is 4.79 Å². The number of carbonyl (C=O) groups excluding carboxylic acids is 1. The molecule has 0 bridgehead atoms. The number of hydrogen-bond donors (Lipinski definition) is 2. The molecule has 3 N–H and O–H groups in total. The highest BCUT2D eigenvalue weighted by molar-refractivity contribution is 9.10. The van der Waals surface area contributed by atoms with E-state index in [2.05, 4.69) is 21.2 Å². The fourth-order valence-electron chi connectivity index (χ4n) is 1.29. The zero-order valence-corrected chi connectivity index (χ0v) is 11.3. The molecule has 16 heavy (non-hydrogen) atoms. The molecule has 1 aliphatic rings. The maximum atomic E-state index is 11.6. The third kappa shape index (κ3) is 2.75. The molecule has 88 valence electrons. The van der Waals surface area contributed by atoms with E-state index < -0.39 is 5.54 Å². The summed E-state index contributed by atoms with van der Waals surface area (Å²) >= 11 is 3.42. The second kappa shape index (κ2) is 4.73. The topological polar surface area (TPSA) is 55.1 Å². The first-order valence-corrected chi connectivity index (χ1v) is 5.67. The van der Waals surface area contributed by atoms with Gasteiger partial charge < -0.3 is 11.1 Å². The Hall–Kier alpha value is -0.580. The lowest BCUT2D eigenvalue weighted by Gasteiger charge is -2.10. The summed E-state index contributed by atoms with van der Waals surface area (Å²) in [5.74, 6) is -0.0850. The van der Waals surface area contributed by atoms with Crippen molar-refractivity contribution in [3.05, 3.63) is 28.2 Å². The number of anilines is 1. The van der Waals surface area contributed by atoms with Crippen LogP contribution in [0.25, 0.3) is 0 Å². The highest BCUT2D eigenvalue weighted by atomic mass is 79.9. The number of amides is 1. The molecule has 0 saturated heterocycles. The summed E-state index contributed by atoms with van der Waals surface area (Å²) in [6.45, 7) is 2.00. The number of benzene rings is 1. The van der Waals surface area contributed by atoms with E-state index in [4.69, 9.17) is 5.73 Å². The van der Waals surface area contributed by atoms with Gasteiger partial charge in [-0.25, -0.2) is 0 Å². The lowest BCUT2D eigenvalue weighted by atomic mass is 10.2. The van der Waals surface area contributed by atoms with Crippen LogP contribution in [0.5, 0.6) is 0 Å². The van der Waals surface area contributed by atoms with Gasteiger partial charge in [-0.3, -0.25) is 4.79 Å². The molecule has 0 aromatic heterocycles. The van der Waals surface area contributed by atoms with E-state index in [0.717, 1.165) is 28.6 Å². The van der Waals surface area contributed by atoms with Crippen molar-refractivity contribution in [1.82, 2.24) is 0 Å². The number of nitrogens with two attached hydrogens (primary N) is 1. The van der Waals surface area contributed by atoms with Crippen molar-refractivity contribution in [2.45, 2.75) is 25.3 Å². The fraction of sp³-hybridized carbons (Fsp3) is 0.364. The summed E-state index contributed by atoms with van der Waals surface area (Å²) in [6.07, 6.45) is 1.57. The lowest BCUT2D eigenvalue weighted by molar-refractivity contribution is -0.118. The van der Waals surface area contributed by atoms with Gasteiger partial charge in [-0.05, 0) is 37.5 Å². The smallest absolute Gasteiger partial charge is 0.244 e. The molecular weight excluding hydrogens is 291 g/mol. The average Bonchev–Trinajstić information content (AvgIpc) is 2.92. The molecule has 1 fully saturated rings. The van der Waals surface area contributed by atoms with Crippen LogP contribution in [0, 0.1) is 6.92 Å². The van der Waals surface area contributed by atoms with Crippen LogP contribution in [0.4, 0.5) is 5.69 Å². The Morgan fingerprint density at radius 1 is 1.50 bits per heavy atom. The van der Waals surface area contributed by atoms with E-state index >= 15 is 0 Å². The molecule has 1 aromatic rings. The molecule has 1 amide bonds. The monoisotopic (exact) mass is 304 g/mol. The minimum absolute atomic E-state index is 0. The molecule has 0 heterocycles. The first kappa shape index (κ1) is 13.5. The maximum absolute atomic E-state index is 11.6. The first-order chi connectivity index (χ1) is 7.01. The van der Waals surface area contributed by atoms with Gasteiger partial charge in [-0.2, -0.15) is 0 Å². The molecule has 0 aliphatic heterocycles. The largest absolute Gasteiger partial charge is 0.324 e. The Bertz CT molecular complexity index is 418. The molecule has 2 rings (SSSR count). The highest BCUT2D eigenvalue weighted by Crippen LogP contribution is 2.33. The molecule has 0 unspecified atom stereocenters.